The maximum absolute atomic E-state index is 10.3. The number of thioether (sulfide) groups is 1. The zero-order valence-corrected chi connectivity index (χ0v) is 11.4. The summed E-state index contributed by atoms with van der Waals surface area (Å²) in [7, 11) is 0. The third-order valence-electron chi connectivity index (χ3n) is 2.94. The molecule has 2 unspecified atom stereocenters. The third-order valence-corrected chi connectivity index (χ3v) is 4.97. The van der Waals surface area contributed by atoms with Gasteiger partial charge in [0.05, 0.1) is 10.7 Å². The molecule has 0 saturated heterocycles. The second kappa shape index (κ2) is 4.52. The standard InChI is InChI=1S/C13H11BrO2S/c14-9-5-6-16-13(9)12(15)11-7-8-3-1-2-4-10(8)17-11/h1-6,11-12,15H,7H2. The Labute approximate surface area is 112 Å². The van der Waals surface area contributed by atoms with Gasteiger partial charge in [0, 0.05) is 10.1 Å². The minimum Gasteiger partial charge on any atom is -0.465 e. The summed E-state index contributed by atoms with van der Waals surface area (Å²) in [6.45, 7) is 0. The molecule has 2 nitrogen and oxygen atoms in total. The van der Waals surface area contributed by atoms with Gasteiger partial charge >= 0.3 is 0 Å². The fourth-order valence-electron chi connectivity index (χ4n) is 2.07. The minimum absolute atomic E-state index is 0.134. The van der Waals surface area contributed by atoms with Crippen molar-refractivity contribution in [2.75, 3.05) is 0 Å². The lowest BCUT2D eigenvalue weighted by molar-refractivity contribution is 0.146. The van der Waals surface area contributed by atoms with Crippen molar-refractivity contribution in [3.05, 3.63) is 52.4 Å². The molecule has 1 aromatic heterocycles. The smallest absolute Gasteiger partial charge is 0.147 e. The fourth-order valence-corrected chi connectivity index (χ4v) is 3.81. The van der Waals surface area contributed by atoms with Crippen molar-refractivity contribution in [2.24, 2.45) is 0 Å². The van der Waals surface area contributed by atoms with Gasteiger partial charge in [-0.05, 0) is 40.0 Å². The highest BCUT2D eigenvalue weighted by molar-refractivity contribution is 9.10. The van der Waals surface area contributed by atoms with Gasteiger partial charge < -0.3 is 9.52 Å². The molecule has 17 heavy (non-hydrogen) atoms. The van der Waals surface area contributed by atoms with Crippen molar-refractivity contribution in [3.63, 3.8) is 0 Å². The summed E-state index contributed by atoms with van der Waals surface area (Å²) >= 11 is 5.11. The number of fused-ring (bicyclic) bond motifs is 1. The van der Waals surface area contributed by atoms with E-state index in [0.717, 1.165) is 10.9 Å². The Morgan fingerprint density at radius 3 is 2.88 bits per heavy atom. The quantitative estimate of drug-likeness (QED) is 0.916. The Kier molecular flexibility index (Phi) is 3.03. The molecule has 0 amide bonds. The number of rotatable bonds is 2. The Morgan fingerprint density at radius 2 is 2.18 bits per heavy atom. The van der Waals surface area contributed by atoms with E-state index in [9.17, 15) is 5.11 Å². The number of halogens is 1. The topological polar surface area (TPSA) is 33.4 Å². The van der Waals surface area contributed by atoms with E-state index in [-0.39, 0.29) is 5.25 Å². The molecule has 2 aromatic rings. The van der Waals surface area contributed by atoms with Crippen LogP contribution in [-0.2, 0) is 6.42 Å². The number of hydrogen-bond donors (Lipinski definition) is 1. The number of hydrogen-bond acceptors (Lipinski definition) is 3. The zero-order chi connectivity index (χ0) is 11.8. The number of aliphatic hydroxyl groups excluding tert-OH is 1. The average Bonchev–Trinajstić information content (AvgIpc) is 2.93. The van der Waals surface area contributed by atoms with E-state index in [2.05, 4.69) is 28.1 Å². The lowest BCUT2D eigenvalue weighted by Gasteiger charge is -2.15. The van der Waals surface area contributed by atoms with Gasteiger partial charge in [0.2, 0.25) is 0 Å². The molecular weight excluding hydrogens is 300 g/mol. The number of furan rings is 1. The molecule has 1 aliphatic rings. The van der Waals surface area contributed by atoms with Crippen LogP contribution in [0.15, 0.2) is 50.4 Å². The van der Waals surface area contributed by atoms with E-state index in [0.29, 0.717) is 5.76 Å². The van der Waals surface area contributed by atoms with E-state index >= 15 is 0 Å². The molecule has 1 aromatic carbocycles. The van der Waals surface area contributed by atoms with Crippen molar-refractivity contribution in [1.82, 2.24) is 0 Å². The van der Waals surface area contributed by atoms with Gasteiger partial charge in [-0.1, -0.05) is 18.2 Å². The van der Waals surface area contributed by atoms with Crippen LogP contribution in [0, 0.1) is 0 Å². The van der Waals surface area contributed by atoms with E-state index in [1.165, 1.54) is 10.5 Å². The van der Waals surface area contributed by atoms with Crippen LogP contribution in [0.4, 0.5) is 0 Å². The van der Waals surface area contributed by atoms with Gasteiger partial charge in [-0.15, -0.1) is 11.8 Å². The second-order valence-electron chi connectivity index (χ2n) is 4.05. The maximum atomic E-state index is 10.3. The Balaban J connectivity index is 1.83. The lowest BCUT2D eigenvalue weighted by Crippen LogP contribution is -2.13. The fraction of sp³-hybridized carbons (Fsp3) is 0.231. The van der Waals surface area contributed by atoms with E-state index in [4.69, 9.17) is 4.42 Å². The predicted octanol–water partition coefficient (Wildman–Crippen LogP) is 3.79. The molecule has 2 atom stereocenters. The predicted molar refractivity (Wildman–Crippen MR) is 71.2 cm³/mol. The van der Waals surface area contributed by atoms with Crippen LogP contribution in [0.25, 0.3) is 0 Å². The van der Waals surface area contributed by atoms with Gasteiger partial charge in [0.25, 0.3) is 0 Å². The Morgan fingerprint density at radius 1 is 1.35 bits per heavy atom. The molecule has 3 rings (SSSR count). The molecule has 1 N–H and O–H groups in total. The molecule has 1 aliphatic heterocycles. The highest BCUT2D eigenvalue weighted by Crippen LogP contribution is 2.43. The summed E-state index contributed by atoms with van der Waals surface area (Å²) in [5, 5.41) is 10.5. The van der Waals surface area contributed by atoms with Crippen molar-refractivity contribution in [3.8, 4) is 0 Å². The average molecular weight is 311 g/mol. The zero-order valence-electron chi connectivity index (χ0n) is 8.97. The van der Waals surface area contributed by atoms with Crippen molar-refractivity contribution in [2.45, 2.75) is 22.7 Å². The summed E-state index contributed by atoms with van der Waals surface area (Å²) in [6.07, 6.45) is 1.90. The largest absolute Gasteiger partial charge is 0.465 e. The van der Waals surface area contributed by atoms with Crippen LogP contribution in [0.5, 0.6) is 0 Å². The first-order valence-corrected chi connectivity index (χ1v) is 7.08. The first-order valence-electron chi connectivity index (χ1n) is 5.41. The Bertz CT molecular complexity index is 513. The van der Waals surface area contributed by atoms with E-state index in [1.807, 2.05) is 18.2 Å². The van der Waals surface area contributed by atoms with Gasteiger partial charge in [-0.3, -0.25) is 0 Å². The van der Waals surface area contributed by atoms with Gasteiger partial charge in [-0.2, -0.15) is 0 Å². The van der Waals surface area contributed by atoms with Crippen molar-refractivity contribution < 1.29 is 9.52 Å². The van der Waals surface area contributed by atoms with Crippen LogP contribution in [0.1, 0.15) is 17.4 Å². The molecule has 2 heterocycles. The van der Waals surface area contributed by atoms with Gasteiger partial charge in [-0.25, -0.2) is 0 Å². The van der Waals surface area contributed by atoms with Gasteiger partial charge in [0.15, 0.2) is 0 Å². The molecule has 4 heteroatoms. The van der Waals surface area contributed by atoms with Gasteiger partial charge in [0.1, 0.15) is 11.9 Å². The minimum atomic E-state index is -0.572. The maximum Gasteiger partial charge on any atom is 0.147 e. The lowest BCUT2D eigenvalue weighted by atomic mass is 10.1. The van der Waals surface area contributed by atoms with Crippen molar-refractivity contribution >= 4 is 27.7 Å². The summed E-state index contributed by atoms with van der Waals surface area (Å²) in [4.78, 5) is 1.26. The molecule has 0 spiro atoms. The second-order valence-corrected chi connectivity index (χ2v) is 6.18. The monoisotopic (exact) mass is 310 g/mol. The molecule has 0 aliphatic carbocycles. The summed E-state index contributed by atoms with van der Waals surface area (Å²) in [5.41, 5.74) is 1.31. The number of benzene rings is 1. The molecule has 0 radical (unpaired) electrons. The van der Waals surface area contributed by atoms with Crippen molar-refractivity contribution in [1.29, 1.82) is 0 Å². The first-order chi connectivity index (χ1) is 8.25. The highest BCUT2D eigenvalue weighted by Gasteiger charge is 2.31. The van der Waals surface area contributed by atoms with Crippen LogP contribution in [-0.4, -0.2) is 10.4 Å². The van der Waals surface area contributed by atoms with Crippen LogP contribution >= 0.6 is 27.7 Å². The summed E-state index contributed by atoms with van der Waals surface area (Å²) in [5.74, 6) is 0.621. The normalized spacial score (nSPS) is 20.2. The third kappa shape index (κ3) is 2.05. The molecule has 88 valence electrons. The first kappa shape index (κ1) is 11.4. The summed E-state index contributed by atoms with van der Waals surface area (Å²) in [6, 6.07) is 10.1. The number of aliphatic hydroxyl groups is 1. The van der Waals surface area contributed by atoms with E-state index < -0.39 is 6.10 Å². The molecule has 0 fully saturated rings. The summed E-state index contributed by atoms with van der Waals surface area (Å²) < 4.78 is 6.16. The molecular formula is C13H11BrO2S. The Hall–Kier alpha value is -0.710. The van der Waals surface area contributed by atoms with Crippen LogP contribution in [0.3, 0.4) is 0 Å². The van der Waals surface area contributed by atoms with Crippen LogP contribution in [0.2, 0.25) is 0 Å². The van der Waals surface area contributed by atoms with E-state index in [1.54, 1.807) is 18.0 Å². The molecule has 0 bridgehead atoms. The van der Waals surface area contributed by atoms with Crippen LogP contribution < -0.4 is 0 Å². The SMILES string of the molecule is OC(c1occc1Br)C1Cc2ccccc2S1. The molecule has 0 saturated carbocycles. The highest BCUT2D eigenvalue weighted by atomic mass is 79.9.